The van der Waals surface area contributed by atoms with Crippen LogP contribution in [-0.2, 0) is 6.54 Å². The van der Waals surface area contributed by atoms with Gasteiger partial charge in [0.1, 0.15) is 12.4 Å². The third kappa shape index (κ3) is 3.12. The number of benzene rings is 1. The van der Waals surface area contributed by atoms with E-state index in [9.17, 15) is 4.79 Å². The Morgan fingerprint density at radius 2 is 2.10 bits per heavy atom. The van der Waals surface area contributed by atoms with Crippen molar-refractivity contribution in [2.45, 2.75) is 13.5 Å². The molecule has 0 unspecified atom stereocenters. The van der Waals surface area contributed by atoms with Gasteiger partial charge in [0, 0.05) is 11.9 Å². The molecule has 0 aliphatic rings. The highest BCUT2D eigenvalue weighted by molar-refractivity contribution is 5.49. The number of hydrogen-bond acceptors (Lipinski definition) is 4. The Morgan fingerprint density at radius 3 is 2.80 bits per heavy atom. The van der Waals surface area contributed by atoms with Crippen LogP contribution in [0.15, 0.2) is 41.3 Å². The number of ether oxygens (including phenoxy) is 2. The molecule has 0 atom stereocenters. The van der Waals surface area contributed by atoms with E-state index >= 15 is 0 Å². The molecule has 5 nitrogen and oxygen atoms in total. The molecule has 0 aliphatic heterocycles. The van der Waals surface area contributed by atoms with Gasteiger partial charge in [0.15, 0.2) is 5.75 Å². The topological polar surface area (TPSA) is 66.5 Å². The van der Waals surface area contributed by atoms with Crippen LogP contribution in [0.25, 0.3) is 0 Å². The number of nitrogen functional groups attached to an aromatic ring is 1. The van der Waals surface area contributed by atoms with Crippen molar-refractivity contribution in [3.8, 4) is 11.5 Å². The molecular weight excluding hydrogens is 256 g/mol. The predicted molar refractivity (Wildman–Crippen MR) is 78.3 cm³/mol. The Morgan fingerprint density at radius 1 is 1.30 bits per heavy atom. The zero-order chi connectivity index (χ0) is 14.5. The highest BCUT2D eigenvalue weighted by Crippen LogP contribution is 2.18. The van der Waals surface area contributed by atoms with Gasteiger partial charge in [-0.3, -0.25) is 4.79 Å². The van der Waals surface area contributed by atoms with Crippen molar-refractivity contribution >= 4 is 5.69 Å². The van der Waals surface area contributed by atoms with E-state index in [1.54, 1.807) is 22.9 Å². The van der Waals surface area contributed by atoms with Crippen molar-refractivity contribution in [2.75, 3.05) is 19.5 Å². The van der Waals surface area contributed by atoms with Gasteiger partial charge in [-0.2, -0.15) is 0 Å². The van der Waals surface area contributed by atoms with E-state index in [4.69, 9.17) is 15.2 Å². The van der Waals surface area contributed by atoms with E-state index in [1.807, 2.05) is 25.1 Å². The van der Waals surface area contributed by atoms with Gasteiger partial charge in [-0.25, -0.2) is 0 Å². The van der Waals surface area contributed by atoms with Gasteiger partial charge in [-0.05, 0) is 42.8 Å². The summed E-state index contributed by atoms with van der Waals surface area (Å²) in [4.78, 5) is 11.9. The zero-order valence-electron chi connectivity index (χ0n) is 11.6. The number of aromatic nitrogens is 1. The molecule has 1 aromatic carbocycles. The van der Waals surface area contributed by atoms with Gasteiger partial charge in [0.25, 0.3) is 5.56 Å². The minimum atomic E-state index is -0.160. The minimum absolute atomic E-state index is 0.160. The summed E-state index contributed by atoms with van der Waals surface area (Å²) in [6, 6.07) is 8.92. The number of pyridine rings is 1. The molecule has 0 spiro atoms. The summed E-state index contributed by atoms with van der Waals surface area (Å²) in [6.07, 6.45) is 1.71. The molecule has 0 bridgehead atoms. The van der Waals surface area contributed by atoms with Crippen molar-refractivity contribution in [1.82, 2.24) is 4.57 Å². The number of nitrogens with zero attached hydrogens (tertiary/aromatic N) is 1. The monoisotopic (exact) mass is 274 g/mol. The van der Waals surface area contributed by atoms with E-state index in [0.717, 1.165) is 17.0 Å². The maximum absolute atomic E-state index is 11.9. The van der Waals surface area contributed by atoms with E-state index < -0.39 is 0 Å². The summed E-state index contributed by atoms with van der Waals surface area (Å²) in [6.45, 7) is 2.78. The van der Waals surface area contributed by atoms with E-state index in [-0.39, 0.29) is 5.56 Å². The first-order valence-corrected chi connectivity index (χ1v) is 6.34. The third-order valence-corrected chi connectivity index (χ3v) is 3.05. The maximum atomic E-state index is 11.9. The lowest BCUT2D eigenvalue weighted by Crippen LogP contribution is -2.23. The number of nitrogens with two attached hydrogens (primary N) is 1. The van der Waals surface area contributed by atoms with Crippen LogP contribution in [0.5, 0.6) is 11.5 Å². The van der Waals surface area contributed by atoms with Gasteiger partial charge in [0.05, 0.1) is 13.7 Å². The molecule has 0 fully saturated rings. The molecule has 0 saturated carbocycles. The standard InChI is InChI=1S/C15H18N2O3/c1-11-10-12(5-6-13(11)16)20-9-8-17-7-3-4-14(19-2)15(17)18/h3-7,10H,8-9,16H2,1-2H3. The van der Waals surface area contributed by atoms with Crippen LogP contribution in [0.3, 0.4) is 0 Å². The highest BCUT2D eigenvalue weighted by Gasteiger charge is 2.03. The molecule has 0 saturated heterocycles. The molecule has 0 amide bonds. The van der Waals surface area contributed by atoms with Crippen LogP contribution in [0, 0.1) is 6.92 Å². The molecule has 1 heterocycles. The van der Waals surface area contributed by atoms with Crippen molar-refractivity contribution in [3.05, 3.63) is 52.4 Å². The van der Waals surface area contributed by atoms with Crippen molar-refractivity contribution in [1.29, 1.82) is 0 Å². The molecule has 106 valence electrons. The van der Waals surface area contributed by atoms with Gasteiger partial charge in [-0.1, -0.05) is 0 Å². The lowest BCUT2D eigenvalue weighted by atomic mass is 10.2. The number of anilines is 1. The van der Waals surface area contributed by atoms with E-state index in [2.05, 4.69) is 0 Å². The number of rotatable bonds is 5. The predicted octanol–water partition coefficient (Wildman–Crippen LogP) is 1.83. The fraction of sp³-hybridized carbons (Fsp3) is 0.267. The molecule has 0 aliphatic carbocycles. The molecule has 2 aromatic rings. The Kier molecular flexibility index (Phi) is 4.30. The van der Waals surface area contributed by atoms with E-state index in [1.165, 1.54) is 7.11 Å². The number of hydrogen-bond donors (Lipinski definition) is 1. The Hall–Kier alpha value is -2.43. The zero-order valence-corrected chi connectivity index (χ0v) is 11.6. The van der Waals surface area contributed by atoms with Crippen LogP contribution < -0.4 is 20.8 Å². The van der Waals surface area contributed by atoms with Crippen molar-refractivity contribution in [3.63, 3.8) is 0 Å². The van der Waals surface area contributed by atoms with Crippen molar-refractivity contribution < 1.29 is 9.47 Å². The summed E-state index contributed by atoms with van der Waals surface area (Å²) in [5.41, 5.74) is 7.30. The second-order valence-electron chi connectivity index (χ2n) is 4.44. The van der Waals surface area contributed by atoms with Gasteiger partial charge in [-0.15, -0.1) is 0 Å². The van der Waals surface area contributed by atoms with Gasteiger partial charge < -0.3 is 19.8 Å². The highest BCUT2D eigenvalue weighted by atomic mass is 16.5. The number of aryl methyl sites for hydroxylation is 1. The summed E-state index contributed by atoms with van der Waals surface area (Å²) < 4.78 is 12.2. The summed E-state index contributed by atoms with van der Waals surface area (Å²) in [5, 5.41) is 0. The second kappa shape index (κ2) is 6.14. The first-order chi connectivity index (χ1) is 9.61. The summed E-state index contributed by atoms with van der Waals surface area (Å²) in [5.74, 6) is 1.07. The maximum Gasteiger partial charge on any atom is 0.292 e. The lowest BCUT2D eigenvalue weighted by Gasteiger charge is -2.10. The van der Waals surface area contributed by atoms with E-state index in [0.29, 0.717) is 18.9 Å². The third-order valence-electron chi connectivity index (χ3n) is 3.05. The van der Waals surface area contributed by atoms with Gasteiger partial charge >= 0.3 is 0 Å². The summed E-state index contributed by atoms with van der Waals surface area (Å²) >= 11 is 0. The fourth-order valence-corrected chi connectivity index (χ4v) is 1.85. The minimum Gasteiger partial charge on any atom is -0.492 e. The van der Waals surface area contributed by atoms with Crippen LogP contribution in [0.4, 0.5) is 5.69 Å². The first kappa shape index (κ1) is 14.0. The van der Waals surface area contributed by atoms with Crippen molar-refractivity contribution in [2.24, 2.45) is 0 Å². The SMILES string of the molecule is COc1cccn(CCOc2ccc(N)c(C)c2)c1=O. The molecule has 0 radical (unpaired) electrons. The smallest absolute Gasteiger partial charge is 0.292 e. The quantitative estimate of drug-likeness (QED) is 0.845. The summed E-state index contributed by atoms with van der Waals surface area (Å²) in [7, 11) is 1.48. The second-order valence-corrected chi connectivity index (χ2v) is 4.44. The molecule has 1 aromatic heterocycles. The molecule has 2 N–H and O–H groups in total. The average molecular weight is 274 g/mol. The average Bonchev–Trinajstić information content (AvgIpc) is 2.44. The van der Waals surface area contributed by atoms with Crippen LogP contribution >= 0.6 is 0 Å². The molecule has 20 heavy (non-hydrogen) atoms. The van der Waals surface area contributed by atoms with Gasteiger partial charge in [0.2, 0.25) is 0 Å². The Balaban J connectivity index is 1.99. The molecule has 2 rings (SSSR count). The Labute approximate surface area is 117 Å². The van der Waals surface area contributed by atoms with Crippen LogP contribution in [0.2, 0.25) is 0 Å². The molecular formula is C15H18N2O3. The lowest BCUT2D eigenvalue weighted by molar-refractivity contribution is 0.294. The Bertz CT molecular complexity index is 650. The fourth-order valence-electron chi connectivity index (χ4n) is 1.85. The molecule has 5 heteroatoms. The first-order valence-electron chi connectivity index (χ1n) is 6.34. The van der Waals surface area contributed by atoms with Crippen LogP contribution in [0.1, 0.15) is 5.56 Å². The largest absolute Gasteiger partial charge is 0.492 e. The number of methoxy groups -OCH3 is 1. The normalized spacial score (nSPS) is 10.3. The van der Waals surface area contributed by atoms with Crippen LogP contribution in [-0.4, -0.2) is 18.3 Å².